The van der Waals surface area contributed by atoms with Gasteiger partial charge in [-0.2, -0.15) is 0 Å². The average molecular weight is 181 g/mol. The molecule has 0 unspecified atom stereocenters. The first-order valence-corrected chi connectivity index (χ1v) is 4.01. The lowest BCUT2D eigenvalue weighted by molar-refractivity contribution is 1.03. The van der Waals surface area contributed by atoms with E-state index < -0.39 is 0 Å². The van der Waals surface area contributed by atoms with Crippen LogP contribution in [-0.4, -0.2) is 11.5 Å². The fourth-order valence-corrected chi connectivity index (χ4v) is 0.787. The van der Waals surface area contributed by atoms with Crippen molar-refractivity contribution in [3.63, 3.8) is 0 Å². The molecule has 0 aliphatic carbocycles. The van der Waals surface area contributed by atoms with Crippen LogP contribution in [0.3, 0.4) is 0 Å². The van der Waals surface area contributed by atoms with Crippen molar-refractivity contribution >= 4 is 11.6 Å². The molecular weight excluding hydrogens is 172 g/mol. The minimum atomic E-state index is 0.584. The van der Waals surface area contributed by atoms with Crippen LogP contribution in [0.15, 0.2) is 18.3 Å². The van der Waals surface area contributed by atoms with Crippen LogP contribution in [0.1, 0.15) is 12.1 Å². The number of aromatic nitrogens is 1. The Labute approximate surface area is 76.8 Å². The van der Waals surface area contributed by atoms with Gasteiger partial charge in [-0.1, -0.05) is 17.5 Å². The summed E-state index contributed by atoms with van der Waals surface area (Å²) in [7, 11) is 0. The van der Waals surface area contributed by atoms with E-state index in [9.17, 15) is 0 Å². The Morgan fingerprint density at radius 3 is 2.92 bits per heavy atom. The Balaban J connectivity index is 2.66. The summed E-state index contributed by atoms with van der Waals surface area (Å²) < 4.78 is 0. The molecule has 1 aromatic rings. The van der Waals surface area contributed by atoms with Crippen LogP contribution in [0.5, 0.6) is 0 Å². The van der Waals surface area contributed by atoms with Crippen molar-refractivity contribution in [2.24, 2.45) is 5.73 Å². The second kappa shape index (κ2) is 4.76. The van der Waals surface area contributed by atoms with Gasteiger partial charge in [-0.15, -0.1) is 0 Å². The van der Waals surface area contributed by atoms with E-state index in [0.717, 1.165) is 5.69 Å². The van der Waals surface area contributed by atoms with Gasteiger partial charge in [0.1, 0.15) is 5.69 Å². The molecule has 0 radical (unpaired) electrons. The third kappa shape index (κ3) is 2.91. The van der Waals surface area contributed by atoms with Crippen molar-refractivity contribution in [3.8, 4) is 11.8 Å². The number of pyridine rings is 1. The zero-order valence-corrected chi connectivity index (χ0v) is 7.30. The van der Waals surface area contributed by atoms with Crippen molar-refractivity contribution in [3.05, 3.63) is 29.0 Å². The maximum atomic E-state index is 5.64. The molecule has 0 bridgehead atoms. The zero-order valence-electron chi connectivity index (χ0n) is 6.55. The molecule has 0 aliphatic rings. The van der Waals surface area contributed by atoms with Crippen molar-refractivity contribution < 1.29 is 0 Å². The highest BCUT2D eigenvalue weighted by Gasteiger charge is 1.87. The SMILES string of the molecule is NCCC#Cc1ccc(Cl)cn1. The second-order valence-corrected chi connectivity index (χ2v) is 2.64. The summed E-state index contributed by atoms with van der Waals surface area (Å²) in [6.07, 6.45) is 2.28. The van der Waals surface area contributed by atoms with Gasteiger partial charge in [-0.25, -0.2) is 4.98 Å². The van der Waals surface area contributed by atoms with Gasteiger partial charge >= 0.3 is 0 Å². The van der Waals surface area contributed by atoms with Crippen molar-refractivity contribution in [1.29, 1.82) is 0 Å². The van der Waals surface area contributed by atoms with Gasteiger partial charge in [0.25, 0.3) is 0 Å². The lowest BCUT2D eigenvalue weighted by Gasteiger charge is -1.88. The standard InChI is InChI=1S/C9H9ClN2/c10-8-4-5-9(12-7-8)3-1-2-6-11/h4-5,7H,2,6,11H2. The quantitative estimate of drug-likeness (QED) is 0.665. The summed E-state index contributed by atoms with van der Waals surface area (Å²) in [5.74, 6) is 5.76. The van der Waals surface area contributed by atoms with E-state index in [1.165, 1.54) is 0 Å². The fraction of sp³-hybridized carbons (Fsp3) is 0.222. The predicted molar refractivity (Wildman–Crippen MR) is 49.8 cm³/mol. The van der Waals surface area contributed by atoms with Gasteiger partial charge in [0.05, 0.1) is 5.02 Å². The number of nitrogens with two attached hydrogens (primary N) is 1. The number of rotatable bonds is 1. The van der Waals surface area contributed by atoms with E-state index in [4.69, 9.17) is 17.3 Å². The van der Waals surface area contributed by atoms with Crippen LogP contribution < -0.4 is 5.73 Å². The van der Waals surface area contributed by atoms with E-state index in [1.54, 1.807) is 18.3 Å². The van der Waals surface area contributed by atoms with Crippen LogP contribution in [-0.2, 0) is 0 Å². The highest BCUT2D eigenvalue weighted by atomic mass is 35.5. The molecular formula is C9H9ClN2. The van der Waals surface area contributed by atoms with Gasteiger partial charge in [0, 0.05) is 19.2 Å². The molecule has 2 nitrogen and oxygen atoms in total. The molecule has 12 heavy (non-hydrogen) atoms. The first kappa shape index (κ1) is 9.05. The zero-order chi connectivity index (χ0) is 8.81. The molecule has 0 amide bonds. The van der Waals surface area contributed by atoms with E-state index in [-0.39, 0.29) is 0 Å². The van der Waals surface area contributed by atoms with Crippen LogP contribution >= 0.6 is 11.6 Å². The number of hydrogen-bond donors (Lipinski definition) is 1. The number of nitrogens with zero attached hydrogens (tertiary/aromatic N) is 1. The minimum absolute atomic E-state index is 0.584. The fourth-order valence-electron chi connectivity index (χ4n) is 0.675. The molecule has 0 spiro atoms. The van der Waals surface area contributed by atoms with Gasteiger partial charge in [-0.3, -0.25) is 0 Å². The summed E-state index contributed by atoms with van der Waals surface area (Å²) >= 11 is 5.64. The summed E-state index contributed by atoms with van der Waals surface area (Å²) in [5.41, 5.74) is 6.00. The molecule has 0 fully saturated rings. The molecule has 0 saturated carbocycles. The highest BCUT2D eigenvalue weighted by molar-refractivity contribution is 6.30. The normalized spacial score (nSPS) is 8.83. The minimum Gasteiger partial charge on any atom is -0.330 e. The number of halogens is 1. The van der Waals surface area contributed by atoms with Crippen LogP contribution in [0, 0.1) is 11.8 Å². The van der Waals surface area contributed by atoms with Crippen LogP contribution in [0.2, 0.25) is 5.02 Å². The van der Waals surface area contributed by atoms with Crippen molar-refractivity contribution in [2.45, 2.75) is 6.42 Å². The first-order chi connectivity index (χ1) is 5.83. The van der Waals surface area contributed by atoms with E-state index >= 15 is 0 Å². The molecule has 1 aromatic heterocycles. The average Bonchev–Trinajstić information content (AvgIpc) is 2.09. The highest BCUT2D eigenvalue weighted by Crippen LogP contribution is 2.04. The Kier molecular flexibility index (Phi) is 3.59. The molecule has 0 atom stereocenters. The molecule has 1 heterocycles. The summed E-state index contributed by atoms with van der Waals surface area (Å²) in [5, 5.41) is 0.624. The molecule has 0 aliphatic heterocycles. The Morgan fingerprint density at radius 1 is 1.50 bits per heavy atom. The maximum absolute atomic E-state index is 5.64. The molecule has 3 heteroatoms. The van der Waals surface area contributed by atoms with Crippen LogP contribution in [0.4, 0.5) is 0 Å². The molecule has 1 rings (SSSR count). The van der Waals surface area contributed by atoms with Crippen molar-refractivity contribution in [1.82, 2.24) is 4.98 Å². The Hall–Kier alpha value is -1.04. The lowest BCUT2D eigenvalue weighted by Crippen LogP contribution is -1.95. The van der Waals surface area contributed by atoms with Gasteiger partial charge in [0.2, 0.25) is 0 Å². The largest absolute Gasteiger partial charge is 0.330 e. The smallest absolute Gasteiger partial charge is 0.113 e. The molecule has 0 saturated heterocycles. The summed E-state index contributed by atoms with van der Waals surface area (Å²) in [4.78, 5) is 4.00. The van der Waals surface area contributed by atoms with Crippen LogP contribution in [0.25, 0.3) is 0 Å². The molecule has 2 N–H and O–H groups in total. The van der Waals surface area contributed by atoms with Gasteiger partial charge in [-0.05, 0) is 18.1 Å². The topological polar surface area (TPSA) is 38.9 Å². The number of hydrogen-bond acceptors (Lipinski definition) is 2. The summed E-state index contributed by atoms with van der Waals surface area (Å²) in [6, 6.07) is 3.55. The Morgan fingerprint density at radius 2 is 2.33 bits per heavy atom. The van der Waals surface area contributed by atoms with E-state index in [0.29, 0.717) is 18.0 Å². The molecule has 0 aromatic carbocycles. The molecule has 62 valence electrons. The first-order valence-electron chi connectivity index (χ1n) is 3.63. The predicted octanol–water partition coefficient (Wildman–Crippen LogP) is 1.44. The monoisotopic (exact) mass is 180 g/mol. The van der Waals surface area contributed by atoms with Crippen molar-refractivity contribution in [2.75, 3.05) is 6.54 Å². The Bertz CT molecular complexity index is 295. The third-order valence-corrected chi connectivity index (χ3v) is 1.44. The summed E-state index contributed by atoms with van der Waals surface area (Å²) in [6.45, 7) is 0.584. The third-order valence-electron chi connectivity index (χ3n) is 1.21. The van der Waals surface area contributed by atoms with E-state index in [2.05, 4.69) is 16.8 Å². The van der Waals surface area contributed by atoms with E-state index in [1.807, 2.05) is 0 Å². The second-order valence-electron chi connectivity index (χ2n) is 2.20. The van der Waals surface area contributed by atoms with Gasteiger partial charge in [0.15, 0.2) is 0 Å². The lowest BCUT2D eigenvalue weighted by atomic mass is 10.3. The maximum Gasteiger partial charge on any atom is 0.113 e. The van der Waals surface area contributed by atoms with Gasteiger partial charge < -0.3 is 5.73 Å².